The Kier molecular flexibility index (Phi) is 3.79. The number of alkyl halides is 3. The molecule has 2 aromatic carbocycles. The van der Waals surface area contributed by atoms with E-state index in [9.17, 15) is 13.2 Å². The van der Waals surface area contributed by atoms with Crippen LogP contribution in [0.15, 0.2) is 42.5 Å². The van der Waals surface area contributed by atoms with E-state index >= 15 is 0 Å². The Morgan fingerprint density at radius 2 is 1.70 bits per heavy atom. The summed E-state index contributed by atoms with van der Waals surface area (Å²) in [7, 11) is 0. The summed E-state index contributed by atoms with van der Waals surface area (Å²) in [6.07, 6.45) is -3.12. The number of benzene rings is 2. The Bertz CT molecular complexity index is 616. The molecule has 0 aliphatic heterocycles. The topological polar surface area (TPSA) is 35.9 Å². The average Bonchev–Trinajstić information content (AvgIpc) is 2.40. The van der Waals surface area contributed by atoms with Crippen LogP contribution in [0.4, 0.5) is 24.5 Å². The standard InChI is InChI=1S/C15H13F3N2/c1-10-3-2-4-11(9-19)14(10)20-13-7-5-12(6-8-13)15(16,17)18/h2-9,19-20H,1H3. The highest BCUT2D eigenvalue weighted by Gasteiger charge is 2.29. The van der Waals surface area contributed by atoms with Crippen LogP contribution in [0, 0.1) is 12.3 Å². The van der Waals surface area contributed by atoms with Gasteiger partial charge in [-0.15, -0.1) is 0 Å². The Hall–Kier alpha value is -2.30. The molecular formula is C15H13F3N2. The number of rotatable bonds is 3. The molecule has 104 valence electrons. The Labute approximate surface area is 114 Å². The molecule has 0 spiro atoms. The zero-order valence-corrected chi connectivity index (χ0v) is 10.8. The summed E-state index contributed by atoms with van der Waals surface area (Å²) in [6.45, 7) is 1.87. The van der Waals surface area contributed by atoms with Crippen molar-refractivity contribution in [1.29, 1.82) is 5.41 Å². The minimum Gasteiger partial charge on any atom is -0.355 e. The third-order valence-corrected chi connectivity index (χ3v) is 2.94. The molecule has 0 aromatic heterocycles. The van der Waals surface area contributed by atoms with Crippen molar-refractivity contribution < 1.29 is 13.2 Å². The van der Waals surface area contributed by atoms with Crippen LogP contribution in [-0.2, 0) is 6.18 Å². The van der Waals surface area contributed by atoms with Crippen LogP contribution in [-0.4, -0.2) is 6.21 Å². The van der Waals surface area contributed by atoms with Gasteiger partial charge in [0.25, 0.3) is 0 Å². The van der Waals surface area contributed by atoms with E-state index in [-0.39, 0.29) is 0 Å². The second-order valence-electron chi connectivity index (χ2n) is 4.38. The van der Waals surface area contributed by atoms with Crippen molar-refractivity contribution in [3.05, 3.63) is 59.2 Å². The minimum absolute atomic E-state index is 0.551. The fraction of sp³-hybridized carbons (Fsp3) is 0.133. The molecule has 0 bridgehead atoms. The Morgan fingerprint density at radius 3 is 2.25 bits per heavy atom. The normalized spacial score (nSPS) is 11.2. The van der Waals surface area contributed by atoms with Crippen molar-refractivity contribution >= 4 is 17.6 Å². The summed E-state index contributed by atoms with van der Waals surface area (Å²) in [5.41, 5.74) is 2.20. The predicted octanol–water partition coefficient (Wildman–Crippen LogP) is 4.76. The van der Waals surface area contributed by atoms with Gasteiger partial charge in [0.15, 0.2) is 0 Å². The third kappa shape index (κ3) is 2.99. The van der Waals surface area contributed by atoms with Gasteiger partial charge in [-0.2, -0.15) is 13.2 Å². The molecule has 0 aliphatic rings. The molecule has 0 radical (unpaired) electrons. The number of halogens is 3. The van der Waals surface area contributed by atoms with Gasteiger partial charge >= 0.3 is 6.18 Å². The van der Waals surface area contributed by atoms with E-state index in [1.54, 1.807) is 6.07 Å². The quantitative estimate of drug-likeness (QED) is 0.780. The first-order valence-electron chi connectivity index (χ1n) is 5.96. The Morgan fingerprint density at radius 1 is 1.05 bits per heavy atom. The number of nitrogens with one attached hydrogen (secondary N) is 2. The van der Waals surface area contributed by atoms with Crippen molar-refractivity contribution in [2.75, 3.05) is 5.32 Å². The van der Waals surface area contributed by atoms with Crippen LogP contribution < -0.4 is 5.32 Å². The van der Waals surface area contributed by atoms with Crippen LogP contribution >= 0.6 is 0 Å². The molecule has 2 N–H and O–H groups in total. The molecule has 0 aliphatic carbocycles. The van der Waals surface area contributed by atoms with Gasteiger partial charge in [0, 0.05) is 17.5 Å². The van der Waals surface area contributed by atoms with E-state index in [0.29, 0.717) is 11.3 Å². The lowest BCUT2D eigenvalue weighted by Gasteiger charge is -2.13. The fourth-order valence-corrected chi connectivity index (χ4v) is 1.87. The van der Waals surface area contributed by atoms with Crippen molar-refractivity contribution in [2.45, 2.75) is 13.1 Å². The minimum atomic E-state index is -4.33. The summed E-state index contributed by atoms with van der Waals surface area (Å²) in [5, 5.41) is 10.4. The highest BCUT2D eigenvalue weighted by atomic mass is 19.4. The lowest BCUT2D eigenvalue weighted by molar-refractivity contribution is -0.137. The highest BCUT2D eigenvalue weighted by Crippen LogP contribution is 2.31. The number of para-hydroxylation sites is 1. The zero-order valence-electron chi connectivity index (χ0n) is 10.8. The monoisotopic (exact) mass is 278 g/mol. The van der Waals surface area contributed by atoms with Crippen LogP contribution in [0.1, 0.15) is 16.7 Å². The van der Waals surface area contributed by atoms with E-state index in [0.717, 1.165) is 23.4 Å². The van der Waals surface area contributed by atoms with Gasteiger partial charge in [-0.3, -0.25) is 0 Å². The summed E-state index contributed by atoms with van der Waals surface area (Å²) in [5.74, 6) is 0. The molecule has 0 atom stereocenters. The molecule has 2 aromatic rings. The van der Waals surface area contributed by atoms with E-state index in [1.165, 1.54) is 18.3 Å². The first-order chi connectivity index (χ1) is 9.41. The molecule has 2 nitrogen and oxygen atoms in total. The van der Waals surface area contributed by atoms with Gasteiger partial charge in [-0.25, -0.2) is 0 Å². The maximum atomic E-state index is 12.5. The van der Waals surface area contributed by atoms with Crippen molar-refractivity contribution in [2.24, 2.45) is 0 Å². The first kappa shape index (κ1) is 14.1. The number of hydrogen-bond acceptors (Lipinski definition) is 2. The maximum Gasteiger partial charge on any atom is 0.416 e. The van der Waals surface area contributed by atoms with Gasteiger partial charge < -0.3 is 10.7 Å². The zero-order chi connectivity index (χ0) is 14.8. The lowest BCUT2D eigenvalue weighted by atomic mass is 10.1. The van der Waals surface area contributed by atoms with Gasteiger partial charge in [0.05, 0.1) is 11.3 Å². The second-order valence-corrected chi connectivity index (χ2v) is 4.38. The molecular weight excluding hydrogens is 265 g/mol. The third-order valence-electron chi connectivity index (χ3n) is 2.94. The summed E-state index contributed by atoms with van der Waals surface area (Å²) < 4.78 is 37.4. The number of aryl methyl sites for hydroxylation is 1. The van der Waals surface area contributed by atoms with Crippen LogP contribution in [0.5, 0.6) is 0 Å². The highest BCUT2D eigenvalue weighted by molar-refractivity contribution is 5.88. The van der Waals surface area contributed by atoms with E-state index in [4.69, 9.17) is 5.41 Å². The number of hydrogen-bond donors (Lipinski definition) is 2. The van der Waals surface area contributed by atoms with Gasteiger partial charge in [0.1, 0.15) is 0 Å². The second kappa shape index (κ2) is 5.36. The first-order valence-corrected chi connectivity index (χ1v) is 5.96. The molecule has 20 heavy (non-hydrogen) atoms. The largest absolute Gasteiger partial charge is 0.416 e. The Balaban J connectivity index is 2.29. The average molecular weight is 278 g/mol. The summed E-state index contributed by atoms with van der Waals surface area (Å²) in [4.78, 5) is 0. The van der Waals surface area contributed by atoms with Crippen LogP contribution in [0.25, 0.3) is 0 Å². The van der Waals surface area contributed by atoms with Gasteiger partial charge in [-0.1, -0.05) is 18.2 Å². The van der Waals surface area contributed by atoms with Crippen molar-refractivity contribution in [1.82, 2.24) is 0 Å². The molecule has 0 saturated heterocycles. The molecule has 0 fully saturated rings. The lowest BCUT2D eigenvalue weighted by Crippen LogP contribution is -2.04. The van der Waals surface area contributed by atoms with E-state index < -0.39 is 11.7 Å². The van der Waals surface area contributed by atoms with Crippen LogP contribution in [0.2, 0.25) is 0 Å². The molecule has 0 saturated carbocycles. The molecule has 5 heteroatoms. The smallest absolute Gasteiger partial charge is 0.355 e. The molecule has 0 unspecified atom stereocenters. The van der Waals surface area contributed by atoms with Crippen molar-refractivity contribution in [3.8, 4) is 0 Å². The van der Waals surface area contributed by atoms with Gasteiger partial charge in [0.2, 0.25) is 0 Å². The predicted molar refractivity (Wildman–Crippen MR) is 73.8 cm³/mol. The van der Waals surface area contributed by atoms with E-state index in [2.05, 4.69) is 5.32 Å². The molecule has 0 heterocycles. The SMILES string of the molecule is Cc1cccc(C=N)c1Nc1ccc(C(F)(F)F)cc1. The maximum absolute atomic E-state index is 12.5. The van der Waals surface area contributed by atoms with Crippen molar-refractivity contribution in [3.63, 3.8) is 0 Å². The fourth-order valence-electron chi connectivity index (χ4n) is 1.87. The van der Waals surface area contributed by atoms with Gasteiger partial charge in [-0.05, 0) is 36.8 Å². The summed E-state index contributed by atoms with van der Waals surface area (Å²) in [6, 6.07) is 10.3. The number of anilines is 2. The van der Waals surface area contributed by atoms with E-state index in [1.807, 2.05) is 19.1 Å². The molecule has 2 rings (SSSR count). The van der Waals surface area contributed by atoms with Crippen LogP contribution in [0.3, 0.4) is 0 Å². The summed E-state index contributed by atoms with van der Waals surface area (Å²) >= 11 is 0. The molecule has 0 amide bonds.